The molecule has 1 heterocycles. The van der Waals surface area contributed by atoms with Crippen molar-refractivity contribution < 1.29 is 0 Å². The van der Waals surface area contributed by atoms with E-state index in [2.05, 4.69) is 31.1 Å². The van der Waals surface area contributed by atoms with Crippen LogP contribution in [0.2, 0.25) is 0 Å². The van der Waals surface area contributed by atoms with E-state index in [-0.39, 0.29) is 0 Å². The van der Waals surface area contributed by atoms with Crippen LogP contribution in [-0.4, -0.2) is 37.1 Å². The van der Waals surface area contributed by atoms with Gasteiger partial charge in [-0.1, -0.05) is 6.92 Å². The van der Waals surface area contributed by atoms with Crippen molar-refractivity contribution in [2.24, 2.45) is 11.8 Å². The van der Waals surface area contributed by atoms with Crippen LogP contribution >= 0.6 is 0 Å². The first-order valence-corrected chi connectivity index (χ1v) is 6.62. The molecular formula is C13H26N2. The molecule has 0 aromatic heterocycles. The molecule has 1 aliphatic heterocycles. The molecule has 2 nitrogen and oxygen atoms in total. The normalized spacial score (nSPS) is 34.4. The summed E-state index contributed by atoms with van der Waals surface area (Å²) in [6.45, 7) is 7.25. The third kappa shape index (κ3) is 2.94. The molecule has 1 N–H and O–H groups in total. The van der Waals surface area contributed by atoms with Crippen molar-refractivity contribution in [2.45, 2.75) is 51.6 Å². The van der Waals surface area contributed by atoms with E-state index >= 15 is 0 Å². The third-order valence-electron chi connectivity index (χ3n) is 4.41. The van der Waals surface area contributed by atoms with Crippen molar-refractivity contribution in [2.75, 3.05) is 20.1 Å². The van der Waals surface area contributed by atoms with E-state index in [1.807, 2.05) is 0 Å². The minimum Gasteiger partial charge on any atom is -0.312 e. The highest BCUT2D eigenvalue weighted by Gasteiger charge is 2.32. The highest BCUT2D eigenvalue weighted by Crippen LogP contribution is 2.34. The second kappa shape index (κ2) is 4.84. The molecular weight excluding hydrogens is 184 g/mol. The Labute approximate surface area is 94.4 Å². The maximum Gasteiger partial charge on any atom is 0.0220 e. The van der Waals surface area contributed by atoms with E-state index in [4.69, 9.17) is 0 Å². The number of nitrogens with one attached hydrogen (secondary N) is 1. The van der Waals surface area contributed by atoms with E-state index in [0.29, 0.717) is 0 Å². The Hall–Kier alpha value is -0.0800. The summed E-state index contributed by atoms with van der Waals surface area (Å²) >= 11 is 0. The topological polar surface area (TPSA) is 15.3 Å². The summed E-state index contributed by atoms with van der Waals surface area (Å²) in [5.41, 5.74) is 0. The van der Waals surface area contributed by atoms with Gasteiger partial charge in [0, 0.05) is 18.6 Å². The second-order valence-electron chi connectivity index (χ2n) is 5.70. The van der Waals surface area contributed by atoms with Crippen LogP contribution < -0.4 is 5.32 Å². The van der Waals surface area contributed by atoms with Gasteiger partial charge in [0.15, 0.2) is 0 Å². The molecule has 1 saturated heterocycles. The van der Waals surface area contributed by atoms with Crippen molar-refractivity contribution in [1.29, 1.82) is 0 Å². The molecule has 2 aliphatic rings. The number of nitrogens with zero attached hydrogens (tertiary/aromatic N) is 1. The van der Waals surface area contributed by atoms with E-state index < -0.39 is 0 Å². The van der Waals surface area contributed by atoms with Crippen molar-refractivity contribution >= 4 is 0 Å². The fraction of sp³-hybridized carbons (Fsp3) is 1.00. The van der Waals surface area contributed by atoms with Crippen LogP contribution in [0.15, 0.2) is 0 Å². The molecule has 3 atom stereocenters. The third-order valence-corrected chi connectivity index (χ3v) is 4.41. The van der Waals surface area contributed by atoms with Crippen LogP contribution in [0.1, 0.15) is 39.5 Å². The molecule has 0 aromatic carbocycles. The lowest BCUT2D eigenvalue weighted by Crippen LogP contribution is -2.49. The van der Waals surface area contributed by atoms with Gasteiger partial charge >= 0.3 is 0 Å². The van der Waals surface area contributed by atoms with Gasteiger partial charge in [-0.15, -0.1) is 0 Å². The molecule has 15 heavy (non-hydrogen) atoms. The maximum atomic E-state index is 3.67. The molecule has 3 unspecified atom stereocenters. The molecule has 2 heteroatoms. The molecule has 0 bridgehead atoms. The number of piperidine rings is 1. The monoisotopic (exact) mass is 210 g/mol. The Morgan fingerprint density at radius 1 is 1.33 bits per heavy atom. The molecule has 0 radical (unpaired) electrons. The Morgan fingerprint density at radius 2 is 2.07 bits per heavy atom. The molecule has 88 valence electrons. The number of hydrogen-bond donors (Lipinski definition) is 1. The zero-order valence-electron chi connectivity index (χ0n) is 10.5. The zero-order chi connectivity index (χ0) is 10.8. The Balaban J connectivity index is 1.78. The van der Waals surface area contributed by atoms with Gasteiger partial charge in [0.05, 0.1) is 0 Å². The number of rotatable bonds is 4. The van der Waals surface area contributed by atoms with Crippen LogP contribution in [0.3, 0.4) is 0 Å². The van der Waals surface area contributed by atoms with Crippen molar-refractivity contribution in [3.63, 3.8) is 0 Å². The van der Waals surface area contributed by atoms with Gasteiger partial charge < -0.3 is 10.2 Å². The average molecular weight is 210 g/mol. The molecule has 0 spiro atoms. The van der Waals surface area contributed by atoms with Crippen LogP contribution in [-0.2, 0) is 0 Å². The first-order chi connectivity index (χ1) is 7.18. The molecule has 1 saturated carbocycles. The fourth-order valence-corrected chi connectivity index (χ4v) is 2.77. The summed E-state index contributed by atoms with van der Waals surface area (Å²) < 4.78 is 0. The maximum absolute atomic E-state index is 3.67. The van der Waals surface area contributed by atoms with Gasteiger partial charge in [0.1, 0.15) is 0 Å². The quantitative estimate of drug-likeness (QED) is 0.764. The number of hydrogen-bond acceptors (Lipinski definition) is 2. The van der Waals surface area contributed by atoms with Crippen molar-refractivity contribution in [1.82, 2.24) is 10.2 Å². The van der Waals surface area contributed by atoms with E-state index in [1.165, 1.54) is 38.8 Å². The van der Waals surface area contributed by atoms with Gasteiger partial charge in [0.2, 0.25) is 0 Å². The summed E-state index contributed by atoms with van der Waals surface area (Å²) in [5.74, 6) is 1.85. The summed E-state index contributed by atoms with van der Waals surface area (Å²) in [5, 5.41) is 3.67. The average Bonchev–Trinajstić information content (AvgIpc) is 3.04. The van der Waals surface area contributed by atoms with E-state index in [0.717, 1.165) is 23.9 Å². The molecule has 2 rings (SSSR count). The summed E-state index contributed by atoms with van der Waals surface area (Å²) in [6.07, 6.45) is 5.68. The predicted octanol–water partition coefficient (Wildman–Crippen LogP) is 2.10. The molecule has 0 amide bonds. The van der Waals surface area contributed by atoms with Crippen LogP contribution in [0.25, 0.3) is 0 Å². The van der Waals surface area contributed by atoms with Crippen LogP contribution in [0.4, 0.5) is 0 Å². The lowest BCUT2D eigenvalue weighted by Gasteiger charge is -2.35. The predicted molar refractivity (Wildman–Crippen MR) is 65.0 cm³/mol. The van der Waals surface area contributed by atoms with E-state index in [1.54, 1.807) is 0 Å². The highest BCUT2D eigenvalue weighted by molar-refractivity contribution is 4.87. The van der Waals surface area contributed by atoms with Gasteiger partial charge in [-0.05, 0) is 58.0 Å². The van der Waals surface area contributed by atoms with Crippen LogP contribution in [0.5, 0.6) is 0 Å². The summed E-state index contributed by atoms with van der Waals surface area (Å²) in [6, 6.07) is 1.52. The smallest absolute Gasteiger partial charge is 0.0220 e. The van der Waals surface area contributed by atoms with Crippen LogP contribution in [0, 0.1) is 11.8 Å². The Kier molecular flexibility index (Phi) is 3.68. The highest BCUT2D eigenvalue weighted by atomic mass is 15.2. The zero-order valence-corrected chi connectivity index (χ0v) is 10.5. The Morgan fingerprint density at radius 3 is 2.67 bits per heavy atom. The lowest BCUT2D eigenvalue weighted by molar-refractivity contribution is 0.171. The molecule has 2 fully saturated rings. The minimum atomic E-state index is 0.727. The minimum absolute atomic E-state index is 0.727. The van der Waals surface area contributed by atoms with E-state index in [9.17, 15) is 0 Å². The standard InChI is InChI=1S/C13H26N2/c1-10-5-4-8-14-13(10)9-15(3)11(2)12-6-7-12/h10-14H,4-9H2,1-3H3. The lowest BCUT2D eigenvalue weighted by atomic mass is 9.92. The van der Waals surface area contributed by atoms with Crippen molar-refractivity contribution in [3.05, 3.63) is 0 Å². The first-order valence-electron chi connectivity index (χ1n) is 6.62. The van der Waals surface area contributed by atoms with Gasteiger partial charge in [-0.25, -0.2) is 0 Å². The summed E-state index contributed by atoms with van der Waals surface area (Å²) in [7, 11) is 2.30. The van der Waals surface area contributed by atoms with Gasteiger partial charge in [-0.2, -0.15) is 0 Å². The fourth-order valence-electron chi connectivity index (χ4n) is 2.77. The molecule has 0 aromatic rings. The SMILES string of the molecule is CC1CCCNC1CN(C)C(C)C1CC1. The Bertz CT molecular complexity index is 201. The summed E-state index contributed by atoms with van der Waals surface area (Å²) in [4.78, 5) is 2.57. The van der Waals surface area contributed by atoms with Gasteiger partial charge in [0.25, 0.3) is 0 Å². The van der Waals surface area contributed by atoms with Crippen molar-refractivity contribution in [3.8, 4) is 0 Å². The van der Waals surface area contributed by atoms with Gasteiger partial charge in [-0.3, -0.25) is 0 Å². The first kappa shape index (κ1) is 11.4. The molecule has 1 aliphatic carbocycles. The second-order valence-corrected chi connectivity index (χ2v) is 5.70. The largest absolute Gasteiger partial charge is 0.312 e. The number of likely N-dealkylation sites (N-methyl/N-ethyl adjacent to an activating group) is 1.